The topological polar surface area (TPSA) is 0 Å². The first-order valence-corrected chi connectivity index (χ1v) is 13.3. The molecule has 5 rings (SSSR count). The van der Waals surface area contributed by atoms with Crippen LogP contribution in [-0.4, -0.2) is 8.07 Å². The molecular formula is C31H28Si. The Hall–Kier alpha value is -3.42. The first kappa shape index (κ1) is 20.5. The van der Waals surface area contributed by atoms with E-state index in [0.717, 1.165) is 6.42 Å². The van der Waals surface area contributed by atoms with E-state index in [2.05, 4.69) is 135 Å². The van der Waals surface area contributed by atoms with E-state index in [0.29, 0.717) is 0 Å². The lowest BCUT2D eigenvalue weighted by atomic mass is 10.1. The minimum atomic E-state index is -2.48. The Balaban J connectivity index is 1.93. The van der Waals surface area contributed by atoms with E-state index in [1.165, 1.54) is 37.8 Å². The highest BCUT2D eigenvalue weighted by atomic mass is 28.3. The summed E-state index contributed by atoms with van der Waals surface area (Å²) in [6.07, 6.45) is 5.70. The first-order chi connectivity index (χ1) is 15.7. The van der Waals surface area contributed by atoms with E-state index in [9.17, 15) is 0 Å². The summed E-state index contributed by atoms with van der Waals surface area (Å²) in [5, 5.41) is 5.94. The van der Waals surface area contributed by atoms with Crippen molar-refractivity contribution < 1.29 is 0 Å². The van der Waals surface area contributed by atoms with Gasteiger partial charge in [0.15, 0.2) is 8.07 Å². The molecule has 4 aromatic rings. The van der Waals surface area contributed by atoms with E-state index in [4.69, 9.17) is 0 Å². The second kappa shape index (κ2) is 8.61. The quantitative estimate of drug-likeness (QED) is 0.281. The van der Waals surface area contributed by atoms with E-state index in [1.54, 1.807) is 5.20 Å². The molecule has 0 aromatic heterocycles. The van der Waals surface area contributed by atoms with Gasteiger partial charge in [0.05, 0.1) is 0 Å². The molecule has 0 nitrogen and oxygen atoms in total. The van der Waals surface area contributed by atoms with Crippen molar-refractivity contribution in [1.29, 1.82) is 0 Å². The molecule has 0 fully saturated rings. The van der Waals surface area contributed by atoms with Gasteiger partial charge < -0.3 is 0 Å². The van der Waals surface area contributed by atoms with Gasteiger partial charge in [-0.15, -0.1) is 0 Å². The molecule has 32 heavy (non-hydrogen) atoms. The second-order valence-electron chi connectivity index (χ2n) is 8.72. The van der Waals surface area contributed by atoms with E-state index in [-0.39, 0.29) is 0 Å². The Labute approximate surface area is 192 Å². The standard InChI is InChI=1S/C31H28Si/c1-24-21-25(2)23-29(22-24)32(27-15-8-4-9-16-27,28-17-10-5-11-18-28)31-20-12-19-30(31)26-13-6-3-7-14-26/h3-19,21-23H,20H2,1-2H3. The Kier molecular flexibility index (Phi) is 5.51. The van der Waals surface area contributed by atoms with Gasteiger partial charge in [-0.1, -0.05) is 138 Å². The molecule has 0 N–H and O–H groups in total. The van der Waals surface area contributed by atoms with Crippen LogP contribution in [0.25, 0.3) is 5.57 Å². The fourth-order valence-corrected chi connectivity index (χ4v) is 10.7. The summed E-state index contributed by atoms with van der Waals surface area (Å²) in [4.78, 5) is 0. The van der Waals surface area contributed by atoms with Gasteiger partial charge in [0.25, 0.3) is 0 Å². The molecule has 1 heteroatoms. The van der Waals surface area contributed by atoms with Crippen LogP contribution in [0.2, 0.25) is 0 Å². The molecule has 0 heterocycles. The molecule has 0 saturated carbocycles. The third-order valence-corrected chi connectivity index (χ3v) is 11.5. The highest BCUT2D eigenvalue weighted by Crippen LogP contribution is 2.34. The number of aryl methyl sites for hydroxylation is 2. The van der Waals surface area contributed by atoms with Crippen LogP contribution < -0.4 is 15.6 Å². The lowest BCUT2D eigenvalue weighted by molar-refractivity contribution is 1.36. The zero-order valence-electron chi connectivity index (χ0n) is 18.8. The normalized spacial score (nSPS) is 13.6. The maximum absolute atomic E-state index is 2.48. The summed E-state index contributed by atoms with van der Waals surface area (Å²) in [6, 6.07) is 40.6. The molecule has 1 aliphatic rings. The molecule has 0 aliphatic heterocycles. The third-order valence-electron chi connectivity index (χ3n) is 6.54. The van der Waals surface area contributed by atoms with Crippen LogP contribution in [0.4, 0.5) is 0 Å². The molecule has 0 spiro atoms. The van der Waals surface area contributed by atoms with Crippen LogP contribution in [0.5, 0.6) is 0 Å². The maximum Gasteiger partial charge on any atom is 0.176 e. The van der Waals surface area contributed by atoms with Crippen molar-refractivity contribution in [1.82, 2.24) is 0 Å². The van der Waals surface area contributed by atoms with Crippen LogP contribution in [0, 0.1) is 13.8 Å². The molecule has 0 saturated heterocycles. The van der Waals surface area contributed by atoms with Gasteiger partial charge in [-0.3, -0.25) is 0 Å². The fourth-order valence-electron chi connectivity index (χ4n) is 5.34. The molecule has 0 amide bonds. The zero-order valence-corrected chi connectivity index (χ0v) is 19.8. The van der Waals surface area contributed by atoms with Crippen LogP contribution in [0.3, 0.4) is 0 Å². The predicted octanol–water partition coefficient (Wildman–Crippen LogP) is 5.73. The zero-order chi connectivity index (χ0) is 22.0. The Morgan fingerprint density at radius 3 is 1.59 bits per heavy atom. The van der Waals surface area contributed by atoms with Crippen LogP contribution >= 0.6 is 0 Å². The van der Waals surface area contributed by atoms with Crippen molar-refractivity contribution in [2.75, 3.05) is 0 Å². The summed E-state index contributed by atoms with van der Waals surface area (Å²) in [5.41, 5.74) is 5.36. The van der Waals surface area contributed by atoms with Crippen molar-refractivity contribution in [2.45, 2.75) is 20.3 Å². The lowest BCUT2D eigenvalue weighted by Gasteiger charge is -2.37. The van der Waals surface area contributed by atoms with Crippen molar-refractivity contribution in [3.05, 3.63) is 143 Å². The average Bonchev–Trinajstić information content (AvgIpc) is 3.31. The summed E-state index contributed by atoms with van der Waals surface area (Å²) in [7, 11) is -2.48. The van der Waals surface area contributed by atoms with Crippen LogP contribution in [0.1, 0.15) is 23.1 Å². The van der Waals surface area contributed by atoms with E-state index < -0.39 is 8.07 Å². The lowest BCUT2D eigenvalue weighted by Crippen LogP contribution is -2.68. The summed E-state index contributed by atoms with van der Waals surface area (Å²) < 4.78 is 0. The molecular weight excluding hydrogens is 400 g/mol. The van der Waals surface area contributed by atoms with Gasteiger partial charge in [0.1, 0.15) is 0 Å². The fraction of sp³-hybridized carbons (Fsp3) is 0.0968. The van der Waals surface area contributed by atoms with Gasteiger partial charge in [-0.05, 0) is 47.0 Å². The first-order valence-electron chi connectivity index (χ1n) is 11.3. The average molecular weight is 429 g/mol. The van der Waals surface area contributed by atoms with Gasteiger partial charge in [-0.2, -0.15) is 0 Å². The van der Waals surface area contributed by atoms with E-state index >= 15 is 0 Å². The van der Waals surface area contributed by atoms with Gasteiger partial charge in [0.2, 0.25) is 0 Å². The SMILES string of the molecule is Cc1cc(C)cc([Si](C2=C(c3ccccc3)C=CC2)(c2ccccc2)c2ccccc2)c1. The highest BCUT2D eigenvalue weighted by molar-refractivity contribution is 7.16. The minimum absolute atomic E-state index is 0.993. The Bertz CT molecular complexity index is 1220. The van der Waals surface area contributed by atoms with Crippen molar-refractivity contribution in [2.24, 2.45) is 0 Å². The molecule has 0 unspecified atom stereocenters. The number of rotatable bonds is 5. The molecule has 0 radical (unpaired) electrons. The van der Waals surface area contributed by atoms with Crippen LogP contribution in [-0.2, 0) is 0 Å². The van der Waals surface area contributed by atoms with Crippen LogP contribution in [0.15, 0.2) is 127 Å². The minimum Gasteiger partial charge on any atom is -0.0802 e. The predicted molar refractivity (Wildman–Crippen MR) is 141 cm³/mol. The number of benzene rings is 4. The second-order valence-corrected chi connectivity index (χ2v) is 12.6. The third kappa shape index (κ3) is 3.49. The molecule has 0 atom stereocenters. The molecule has 4 aromatic carbocycles. The molecule has 0 bridgehead atoms. The number of allylic oxidation sites excluding steroid dienone is 4. The highest BCUT2D eigenvalue weighted by Gasteiger charge is 2.44. The van der Waals surface area contributed by atoms with E-state index in [1.807, 2.05) is 0 Å². The smallest absolute Gasteiger partial charge is 0.0802 e. The van der Waals surface area contributed by atoms with Gasteiger partial charge in [-0.25, -0.2) is 0 Å². The number of hydrogen-bond donors (Lipinski definition) is 0. The monoisotopic (exact) mass is 428 g/mol. The van der Waals surface area contributed by atoms with Gasteiger partial charge >= 0.3 is 0 Å². The Morgan fingerprint density at radius 1 is 0.562 bits per heavy atom. The summed E-state index contributed by atoms with van der Waals surface area (Å²) in [5.74, 6) is 0. The molecule has 156 valence electrons. The van der Waals surface area contributed by atoms with Crippen molar-refractivity contribution in [3.63, 3.8) is 0 Å². The summed E-state index contributed by atoms with van der Waals surface area (Å²) >= 11 is 0. The Morgan fingerprint density at radius 2 is 1.06 bits per heavy atom. The summed E-state index contributed by atoms with van der Waals surface area (Å²) in [6.45, 7) is 4.45. The number of hydrogen-bond acceptors (Lipinski definition) is 0. The maximum atomic E-state index is 2.44. The van der Waals surface area contributed by atoms with Gasteiger partial charge in [0, 0.05) is 0 Å². The largest absolute Gasteiger partial charge is 0.176 e. The molecule has 1 aliphatic carbocycles. The van der Waals surface area contributed by atoms with Crippen molar-refractivity contribution in [3.8, 4) is 0 Å². The van der Waals surface area contributed by atoms with Crippen molar-refractivity contribution >= 4 is 29.2 Å².